The van der Waals surface area contributed by atoms with Gasteiger partial charge in [0.1, 0.15) is 6.10 Å². The zero-order valence-electron chi connectivity index (χ0n) is 31.1. The molecule has 0 aliphatic heterocycles. The molecule has 0 aliphatic rings. The van der Waals surface area contributed by atoms with E-state index in [-0.39, 0.29) is 19.2 Å². The van der Waals surface area contributed by atoms with Gasteiger partial charge in [0.15, 0.2) is 0 Å². The van der Waals surface area contributed by atoms with Gasteiger partial charge in [-0.05, 0) is 103 Å². The summed E-state index contributed by atoms with van der Waals surface area (Å²) in [6.45, 7) is 4.94. The maximum Gasteiger partial charge on any atom is 0.306 e. The van der Waals surface area contributed by atoms with Crippen LogP contribution in [0.2, 0.25) is 0 Å². The smallest absolute Gasteiger partial charge is 0.306 e. The van der Waals surface area contributed by atoms with Crippen LogP contribution in [-0.4, -0.2) is 37.0 Å². The molecule has 0 amide bonds. The van der Waals surface area contributed by atoms with Crippen molar-refractivity contribution in [3.8, 4) is 0 Å². The van der Waals surface area contributed by atoms with Gasteiger partial charge >= 0.3 is 5.97 Å². The lowest BCUT2D eigenvalue weighted by molar-refractivity contribution is -0.154. The molecule has 0 rings (SSSR count). The molecule has 0 aromatic carbocycles. The molecule has 1 atom stereocenters. The Labute approximate surface area is 301 Å². The van der Waals surface area contributed by atoms with E-state index in [9.17, 15) is 9.90 Å². The molecule has 49 heavy (non-hydrogen) atoms. The summed E-state index contributed by atoms with van der Waals surface area (Å²) in [5, 5.41) is 9.55. The zero-order valence-corrected chi connectivity index (χ0v) is 31.1. The molecule has 0 bridgehead atoms. The predicted molar refractivity (Wildman–Crippen MR) is 214 cm³/mol. The van der Waals surface area contributed by atoms with Gasteiger partial charge in [0.05, 0.1) is 13.2 Å². The van der Waals surface area contributed by atoms with Gasteiger partial charge in [-0.3, -0.25) is 4.79 Å². The predicted octanol–water partition coefficient (Wildman–Crippen LogP) is 12.5. The Morgan fingerprint density at radius 1 is 0.490 bits per heavy atom. The van der Waals surface area contributed by atoms with Crippen LogP contribution in [0.1, 0.15) is 129 Å². The first-order valence-electron chi connectivity index (χ1n) is 19.1. The second kappa shape index (κ2) is 41.0. The second-order valence-corrected chi connectivity index (χ2v) is 11.9. The van der Waals surface area contributed by atoms with Crippen molar-refractivity contribution in [2.24, 2.45) is 0 Å². The highest BCUT2D eigenvalue weighted by molar-refractivity contribution is 5.69. The van der Waals surface area contributed by atoms with Crippen LogP contribution in [0.3, 0.4) is 0 Å². The lowest BCUT2D eigenvalue weighted by Gasteiger charge is -2.15. The number of ether oxygens (including phenoxy) is 2. The van der Waals surface area contributed by atoms with E-state index in [1.54, 1.807) is 0 Å². The van der Waals surface area contributed by atoms with Crippen LogP contribution >= 0.6 is 0 Å². The summed E-state index contributed by atoms with van der Waals surface area (Å²) in [5.41, 5.74) is 0. The lowest BCUT2D eigenvalue weighted by atomic mass is 10.1. The molecule has 0 aromatic rings. The number of allylic oxidation sites excluding steroid dienone is 20. The van der Waals surface area contributed by atoms with Crippen molar-refractivity contribution in [1.82, 2.24) is 0 Å². The van der Waals surface area contributed by atoms with Gasteiger partial charge in [-0.2, -0.15) is 0 Å². The molecule has 0 saturated heterocycles. The van der Waals surface area contributed by atoms with E-state index in [4.69, 9.17) is 9.47 Å². The molecule has 0 fully saturated rings. The molecule has 274 valence electrons. The Morgan fingerprint density at radius 2 is 0.857 bits per heavy atom. The van der Waals surface area contributed by atoms with E-state index in [0.29, 0.717) is 13.0 Å². The molecular weight excluding hydrogens is 604 g/mol. The van der Waals surface area contributed by atoms with Crippen LogP contribution in [0, 0.1) is 0 Å². The fraction of sp³-hybridized carbons (Fsp3) is 0.533. The largest absolute Gasteiger partial charge is 0.457 e. The highest BCUT2D eigenvalue weighted by atomic mass is 16.6. The third-order valence-electron chi connectivity index (χ3n) is 7.28. The monoisotopic (exact) mass is 675 g/mol. The van der Waals surface area contributed by atoms with E-state index >= 15 is 0 Å². The minimum absolute atomic E-state index is 0.211. The van der Waals surface area contributed by atoms with Gasteiger partial charge in [-0.15, -0.1) is 0 Å². The molecule has 0 heterocycles. The fourth-order valence-corrected chi connectivity index (χ4v) is 4.50. The van der Waals surface area contributed by atoms with Crippen LogP contribution in [0.15, 0.2) is 122 Å². The number of aliphatic hydroxyl groups is 1. The molecule has 0 radical (unpaired) electrons. The van der Waals surface area contributed by atoms with Crippen molar-refractivity contribution < 1.29 is 19.4 Å². The molecule has 1 N–H and O–H groups in total. The second-order valence-electron chi connectivity index (χ2n) is 11.9. The molecular formula is C45H70O4. The Morgan fingerprint density at radius 3 is 1.24 bits per heavy atom. The number of carbonyl (C=O) groups is 1. The summed E-state index contributed by atoms with van der Waals surface area (Å²) in [5.74, 6) is -0.252. The van der Waals surface area contributed by atoms with Crippen molar-refractivity contribution >= 4 is 5.97 Å². The van der Waals surface area contributed by atoms with Crippen molar-refractivity contribution in [2.75, 3.05) is 19.8 Å². The maximum atomic E-state index is 12.1. The van der Waals surface area contributed by atoms with Crippen LogP contribution in [0.5, 0.6) is 0 Å². The molecule has 0 spiro atoms. The summed E-state index contributed by atoms with van der Waals surface area (Å²) < 4.78 is 11.0. The van der Waals surface area contributed by atoms with Crippen molar-refractivity contribution in [3.05, 3.63) is 122 Å². The van der Waals surface area contributed by atoms with Crippen molar-refractivity contribution in [1.29, 1.82) is 0 Å². The van der Waals surface area contributed by atoms with Gasteiger partial charge in [-0.1, -0.05) is 142 Å². The third-order valence-corrected chi connectivity index (χ3v) is 7.28. The van der Waals surface area contributed by atoms with Crippen LogP contribution < -0.4 is 0 Å². The number of unbranched alkanes of at least 4 members (excludes halogenated alkanes) is 5. The zero-order chi connectivity index (χ0) is 35.6. The van der Waals surface area contributed by atoms with Gasteiger partial charge in [-0.25, -0.2) is 0 Å². The van der Waals surface area contributed by atoms with Gasteiger partial charge in [0.25, 0.3) is 0 Å². The number of rotatable bonds is 33. The molecule has 0 aliphatic carbocycles. The molecule has 0 aromatic heterocycles. The molecule has 4 nitrogen and oxygen atoms in total. The van der Waals surface area contributed by atoms with E-state index in [0.717, 1.165) is 109 Å². The average molecular weight is 675 g/mol. The van der Waals surface area contributed by atoms with Crippen molar-refractivity contribution in [2.45, 2.75) is 136 Å². The first-order chi connectivity index (χ1) is 24.2. The molecule has 4 heteroatoms. The van der Waals surface area contributed by atoms with Crippen molar-refractivity contribution in [3.63, 3.8) is 0 Å². The Bertz CT molecular complexity index is 1020. The number of carbonyl (C=O) groups excluding carboxylic acids is 1. The minimum atomic E-state index is -0.581. The Kier molecular flexibility index (Phi) is 38.3. The van der Waals surface area contributed by atoms with E-state index in [1.807, 2.05) is 0 Å². The van der Waals surface area contributed by atoms with Gasteiger partial charge in [0, 0.05) is 13.0 Å². The van der Waals surface area contributed by atoms with E-state index in [1.165, 1.54) is 0 Å². The third kappa shape index (κ3) is 39.1. The SMILES string of the molecule is CC/C=C\C/C=C\C/C=C\C/C=C\C/C=C\C/C=C\C/C=C\CCCCOCC(CO)OC(=O)CCCCC/C=C\C/C=C\C/C=C\CC. The summed E-state index contributed by atoms with van der Waals surface area (Å²) in [4.78, 5) is 12.1. The summed E-state index contributed by atoms with van der Waals surface area (Å²) in [6, 6.07) is 0. The summed E-state index contributed by atoms with van der Waals surface area (Å²) in [6.07, 6.45) is 61.1. The van der Waals surface area contributed by atoms with E-state index in [2.05, 4.69) is 135 Å². The number of hydrogen-bond acceptors (Lipinski definition) is 4. The maximum absolute atomic E-state index is 12.1. The summed E-state index contributed by atoms with van der Waals surface area (Å²) in [7, 11) is 0. The van der Waals surface area contributed by atoms with Gasteiger partial charge in [0.2, 0.25) is 0 Å². The lowest BCUT2D eigenvalue weighted by Crippen LogP contribution is -2.27. The first kappa shape index (κ1) is 45.8. The van der Waals surface area contributed by atoms with Gasteiger partial charge < -0.3 is 14.6 Å². The Hall–Kier alpha value is -3.21. The molecule has 0 saturated carbocycles. The van der Waals surface area contributed by atoms with E-state index < -0.39 is 6.10 Å². The number of aliphatic hydroxyl groups excluding tert-OH is 1. The number of hydrogen-bond donors (Lipinski definition) is 1. The summed E-state index contributed by atoms with van der Waals surface area (Å²) >= 11 is 0. The highest BCUT2D eigenvalue weighted by Crippen LogP contribution is 2.07. The highest BCUT2D eigenvalue weighted by Gasteiger charge is 2.13. The first-order valence-corrected chi connectivity index (χ1v) is 19.1. The van der Waals surface area contributed by atoms with Crippen LogP contribution in [0.25, 0.3) is 0 Å². The minimum Gasteiger partial charge on any atom is -0.457 e. The molecule has 1 unspecified atom stereocenters. The number of esters is 1. The topological polar surface area (TPSA) is 55.8 Å². The Balaban J connectivity index is 3.66. The van der Waals surface area contributed by atoms with Crippen LogP contribution in [0.4, 0.5) is 0 Å². The normalized spacial score (nSPS) is 13.8. The fourth-order valence-electron chi connectivity index (χ4n) is 4.50. The van der Waals surface area contributed by atoms with Crippen LogP contribution in [-0.2, 0) is 14.3 Å². The average Bonchev–Trinajstić information content (AvgIpc) is 3.11. The standard InChI is InChI=1S/C45H70O4/c1-3-5-7-9-11-13-15-17-18-19-20-21-22-23-24-25-26-27-29-31-33-35-37-39-41-48-43-44(42-46)49-45(47)40-38-36-34-32-30-28-16-14-12-10-8-6-4-2/h5-8,11-14,17-18,20-21,23-24,26-28,30-31,33,44,46H,3-4,9-10,15-16,19,22,25,29,32,34-43H2,1-2H3/b7-5-,8-6-,13-11-,14-12-,18-17-,21-20-,24-23-,27-26-,30-28-,33-31-. The quantitative estimate of drug-likeness (QED) is 0.0428.